The van der Waals surface area contributed by atoms with Crippen LogP contribution in [0.25, 0.3) is 21.0 Å². The standard InChI is InChI=1S/C21H17N3O4S/c1-28-11-10-23-18-9-8-17(24(26)27)13-19(18)29-21(23)22-20(25)16-7-6-14-4-2-3-5-15(14)12-16/h2-9,12-13H,10-11H2,1H3. The first-order chi connectivity index (χ1) is 14.1. The van der Waals surface area contributed by atoms with Crippen LogP contribution in [0.4, 0.5) is 5.69 Å². The van der Waals surface area contributed by atoms with Gasteiger partial charge in [-0.15, -0.1) is 0 Å². The fourth-order valence-electron chi connectivity index (χ4n) is 3.13. The first kappa shape index (κ1) is 19.0. The topological polar surface area (TPSA) is 86.7 Å². The van der Waals surface area contributed by atoms with Gasteiger partial charge in [0.05, 0.1) is 21.7 Å². The third-order valence-corrected chi connectivity index (χ3v) is 5.63. The number of amides is 1. The second-order valence-electron chi connectivity index (χ2n) is 6.42. The van der Waals surface area contributed by atoms with E-state index < -0.39 is 4.92 Å². The number of nitro groups is 1. The van der Waals surface area contributed by atoms with Crippen molar-refractivity contribution in [1.82, 2.24) is 4.57 Å². The lowest BCUT2D eigenvalue weighted by Gasteiger charge is -2.04. The predicted octanol–water partition coefficient (Wildman–Crippen LogP) is 4.15. The number of hydrogen-bond acceptors (Lipinski definition) is 5. The number of thiazole rings is 1. The molecule has 3 aromatic carbocycles. The van der Waals surface area contributed by atoms with Gasteiger partial charge < -0.3 is 9.30 Å². The van der Waals surface area contributed by atoms with E-state index in [-0.39, 0.29) is 11.6 Å². The molecule has 0 bridgehead atoms. The summed E-state index contributed by atoms with van der Waals surface area (Å²) in [5.74, 6) is -0.358. The highest BCUT2D eigenvalue weighted by atomic mass is 32.1. The molecule has 4 aromatic rings. The molecule has 1 aromatic heterocycles. The molecule has 146 valence electrons. The highest BCUT2D eigenvalue weighted by molar-refractivity contribution is 7.16. The first-order valence-electron chi connectivity index (χ1n) is 8.91. The smallest absolute Gasteiger partial charge is 0.279 e. The minimum atomic E-state index is -0.435. The van der Waals surface area contributed by atoms with Crippen LogP contribution in [-0.2, 0) is 11.3 Å². The van der Waals surface area contributed by atoms with Crippen molar-refractivity contribution in [2.75, 3.05) is 13.7 Å². The Labute approximate surface area is 169 Å². The maximum absolute atomic E-state index is 12.8. The van der Waals surface area contributed by atoms with Crippen LogP contribution in [0.15, 0.2) is 65.7 Å². The predicted molar refractivity (Wildman–Crippen MR) is 112 cm³/mol. The van der Waals surface area contributed by atoms with E-state index in [1.165, 1.54) is 23.5 Å². The Morgan fingerprint density at radius 1 is 1.14 bits per heavy atom. The summed E-state index contributed by atoms with van der Waals surface area (Å²) in [6, 6.07) is 17.9. The Balaban J connectivity index is 1.82. The number of nitrogens with zero attached hydrogens (tertiary/aromatic N) is 3. The number of hydrogen-bond donors (Lipinski definition) is 0. The summed E-state index contributed by atoms with van der Waals surface area (Å²) in [4.78, 5) is 28.3. The maximum Gasteiger partial charge on any atom is 0.279 e. The van der Waals surface area contributed by atoms with E-state index >= 15 is 0 Å². The number of carbonyl (C=O) groups excluding carboxylic acids is 1. The second-order valence-corrected chi connectivity index (χ2v) is 7.43. The zero-order valence-corrected chi connectivity index (χ0v) is 16.4. The zero-order valence-electron chi connectivity index (χ0n) is 15.6. The molecule has 0 fully saturated rings. The van der Waals surface area contributed by atoms with Crippen molar-refractivity contribution >= 4 is 43.9 Å². The summed E-state index contributed by atoms with van der Waals surface area (Å²) in [6.45, 7) is 0.915. The molecule has 29 heavy (non-hydrogen) atoms. The van der Waals surface area contributed by atoms with E-state index in [1.807, 2.05) is 41.0 Å². The van der Waals surface area contributed by atoms with Gasteiger partial charge in [0.1, 0.15) is 0 Å². The van der Waals surface area contributed by atoms with Gasteiger partial charge in [0, 0.05) is 31.4 Å². The van der Waals surface area contributed by atoms with Crippen LogP contribution < -0.4 is 4.80 Å². The normalized spacial score (nSPS) is 12.0. The van der Waals surface area contributed by atoms with E-state index in [2.05, 4.69) is 4.99 Å². The van der Waals surface area contributed by atoms with E-state index in [0.29, 0.717) is 28.2 Å². The van der Waals surface area contributed by atoms with Gasteiger partial charge in [-0.05, 0) is 29.0 Å². The molecule has 0 N–H and O–H groups in total. The average Bonchev–Trinajstić information content (AvgIpc) is 3.07. The van der Waals surface area contributed by atoms with Crippen LogP contribution in [0.1, 0.15) is 10.4 Å². The fourth-order valence-corrected chi connectivity index (χ4v) is 4.22. The molecule has 0 spiro atoms. The van der Waals surface area contributed by atoms with Gasteiger partial charge in [-0.3, -0.25) is 14.9 Å². The van der Waals surface area contributed by atoms with Crippen molar-refractivity contribution in [2.24, 2.45) is 4.99 Å². The number of methoxy groups -OCH3 is 1. The van der Waals surface area contributed by atoms with Gasteiger partial charge in [-0.1, -0.05) is 41.7 Å². The summed E-state index contributed by atoms with van der Waals surface area (Å²) in [5, 5.41) is 13.1. The summed E-state index contributed by atoms with van der Waals surface area (Å²) in [5.41, 5.74) is 1.28. The Hall–Kier alpha value is -3.36. The Morgan fingerprint density at radius 2 is 1.93 bits per heavy atom. The average molecular weight is 407 g/mol. The Bertz CT molecular complexity index is 1310. The molecule has 1 heterocycles. The van der Waals surface area contributed by atoms with Gasteiger partial charge in [-0.2, -0.15) is 4.99 Å². The van der Waals surface area contributed by atoms with E-state index in [0.717, 1.165) is 16.3 Å². The molecule has 7 nitrogen and oxygen atoms in total. The van der Waals surface area contributed by atoms with Gasteiger partial charge in [-0.25, -0.2) is 0 Å². The molecule has 0 saturated heterocycles. The van der Waals surface area contributed by atoms with Gasteiger partial charge >= 0.3 is 0 Å². The molecule has 0 atom stereocenters. The van der Waals surface area contributed by atoms with Crippen LogP contribution in [0, 0.1) is 10.1 Å². The largest absolute Gasteiger partial charge is 0.383 e. The maximum atomic E-state index is 12.8. The number of rotatable bonds is 5. The monoisotopic (exact) mass is 407 g/mol. The molecule has 0 radical (unpaired) electrons. The summed E-state index contributed by atoms with van der Waals surface area (Å²) < 4.78 is 7.72. The van der Waals surface area contributed by atoms with Crippen LogP contribution in [0.3, 0.4) is 0 Å². The van der Waals surface area contributed by atoms with E-state index in [4.69, 9.17) is 4.74 Å². The number of benzene rings is 3. The summed E-state index contributed by atoms with van der Waals surface area (Å²) in [6.07, 6.45) is 0. The first-order valence-corrected chi connectivity index (χ1v) is 9.73. The van der Waals surface area contributed by atoms with Gasteiger partial charge in [0.25, 0.3) is 11.6 Å². The minimum absolute atomic E-state index is 0.00467. The Kier molecular flexibility index (Phi) is 5.20. The van der Waals surface area contributed by atoms with Crippen LogP contribution in [0.2, 0.25) is 0 Å². The lowest BCUT2D eigenvalue weighted by Crippen LogP contribution is -2.19. The van der Waals surface area contributed by atoms with E-state index in [9.17, 15) is 14.9 Å². The molecule has 4 rings (SSSR count). The quantitative estimate of drug-likeness (QED) is 0.367. The minimum Gasteiger partial charge on any atom is -0.383 e. The summed E-state index contributed by atoms with van der Waals surface area (Å²) >= 11 is 1.25. The second kappa shape index (κ2) is 7.94. The van der Waals surface area contributed by atoms with Crippen molar-refractivity contribution in [3.05, 3.63) is 81.1 Å². The molecular formula is C21H17N3O4S. The number of nitro benzene ring substituents is 1. The van der Waals surface area contributed by atoms with Crippen molar-refractivity contribution < 1.29 is 14.5 Å². The van der Waals surface area contributed by atoms with Gasteiger partial charge in [0.2, 0.25) is 0 Å². The number of fused-ring (bicyclic) bond motifs is 2. The molecule has 8 heteroatoms. The SMILES string of the molecule is COCCn1c(=NC(=O)c2ccc3ccccc3c2)sc2cc([N+](=O)[O-])ccc21. The summed E-state index contributed by atoms with van der Waals surface area (Å²) in [7, 11) is 1.59. The zero-order chi connectivity index (χ0) is 20.4. The molecule has 0 unspecified atom stereocenters. The number of non-ortho nitro benzene ring substituents is 1. The molecule has 0 aliphatic heterocycles. The van der Waals surface area contributed by atoms with Crippen molar-refractivity contribution in [1.29, 1.82) is 0 Å². The molecule has 0 aliphatic rings. The van der Waals surface area contributed by atoms with Crippen molar-refractivity contribution in [2.45, 2.75) is 6.54 Å². The van der Waals surface area contributed by atoms with Gasteiger partial charge in [0.15, 0.2) is 4.80 Å². The number of aromatic nitrogens is 1. The highest BCUT2D eigenvalue weighted by Crippen LogP contribution is 2.23. The third kappa shape index (κ3) is 3.80. The number of ether oxygens (including phenoxy) is 1. The Morgan fingerprint density at radius 3 is 2.69 bits per heavy atom. The van der Waals surface area contributed by atoms with Crippen molar-refractivity contribution in [3.63, 3.8) is 0 Å². The van der Waals surface area contributed by atoms with Crippen LogP contribution in [-0.4, -0.2) is 29.1 Å². The lowest BCUT2D eigenvalue weighted by molar-refractivity contribution is -0.384. The molecular weight excluding hydrogens is 390 g/mol. The fraction of sp³-hybridized carbons (Fsp3) is 0.143. The molecule has 0 aliphatic carbocycles. The molecule has 1 amide bonds. The van der Waals surface area contributed by atoms with Crippen molar-refractivity contribution in [3.8, 4) is 0 Å². The molecule has 0 saturated carbocycles. The third-order valence-electron chi connectivity index (χ3n) is 4.59. The lowest BCUT2D eigenvalue weighted by atomic mass is 10.1. The van der Waals surface area contributed by atoms with Crippen LogP contribution in [0.5, 0.6) is 0 Å². The van der Waals surface area contributed by atoms with Crippen LogP contribution >= 0.6 is 11.3 Å². The highest BCUT2D eigenvalue weighted by Gasteiger charge is 2.13. The van der Waals surface area contributed by atoms with E-state index in [1.54, 1.807) is 19.2 Å². The number of carbonyl (C=O) groups is 1.